The molecule has 1 aromatic carbocycles. The van der Waals surface area contributed by atoms with Crippen LogP contribution in [0.15, 0.2) is 29.3 Å². The van der Waals surface area contributed by atoms with E-state index in [1.807, 2.05) is 18.0 Å². The van der Waals surface area contributed by atoms with Crippen LogP contribution in [0.4, 0.5) is 0 Å². The number of hydrogen-bond donors (Lipinski definition) is 0. The third-order valence-electron chi connectivity index (χ3n) is 1.66. The molecule has 0 aliphatic carbocycles. The summed E-state index contributed by atoms with van der Waals surface area (Å²) >= 11 is 1.85. The Morgan fingerprint density at radius 2 is 1.92 bits per heavy atom. The second-order valence-corrected chi connectivity index (χ2v) is 4.02. The minimum absolute atomic E-state index is 0.986. The van der Waals surface area contributed by atoms with Gasteiger partial charge >= 0.3 is 0 Å². The Balaban J connectivity index is 0.000000145. The quantitative estimate of drug-likeness (QED) is 0.617. The maximum atomic E-state index is 3.92. The largest absolute Gasteiger partial charge is 0.286 e. The van der Waals surface area contributed by atoms with E-state index in [0.29, 0.717) is 0 Å². The van der Waals surface area contributed by atoms with Crippen LogP contribution >= 0.6 is 11.8 Å². The number of hydrogen-bond acceptors (Lipinski definition) is 2. The molecular weight excluding hydrogens is 178 g/mol. The van der Waals surface area contributed by atoms with Gasteiger partial charge in [-0.1, -0.05) is 35.4 Å². The normalized spacial score (nSPS) is 13.7. The zero-order valence-electron chi connectivity index (χ0n) is 8.16. The van der Waals surface area contributed by atoms with Gasteiger partial charge in [0.15, 0.2) is 0 Å². The average Bonchev–Trinajstić information content (AvgIpc) is 2.59. The smallest absolute Gasteiger partial charge is 0.0844 e. The molecule has 0 atom stereocenters. The van der Waals surface area contributed by atoms with Gasteiger partial charge < -0.3 is 0 Å². The Morgan fingerprint density at radius 3 is 2.15 bits per heavy atom. The van der Waals surface area contributed by atoms with Gasteiger partial charge in [-0.05, 0) is 13.8 Å². The number of rotatable bonds is 0. The summed E-state index contributed by atoms with van der Waals surface area (Å²) in [5.74, 6) is 2.11. The van der Waals surface area contributed by atoms with Crippen molar-refractivity contribution in [1.29, 1.82) is 0 Å². The molecule has 1 aliphatic rings. The summed E-state index contributed by atoms with van der Waals surface area (Å²) in [6.07, 6.45) is 1.95. The first-order valence-corrected chi connectivity index (χ1v) is 5.54. The van der Waals surface area contributed by atoms with Gasteiger partial charge in [0.25, 0.3) is 0 Å². The van der Waals surface area contributed by atoms with Crippen molar-refractivity contribution in [1.82, 2.24) is 0 Å². The lowest BCUT2D eigenvalue weighted by molar-refractivity contribution is 1.39. The molecule has 0 saturated carbocycles. The van der Waals surface area contributed by atoms with Gasteiger partial charge in [-0.3, -0.25) is 4.99 Å². The Hall–Kier alpha value is -0.760. The second kappa shape index (κ2) is 5.81. The first kappa shape index (κ1) is 10.3. The molecule has 2 rings (SSSR count). The van der Waals surface area contributed by atoms with Crippen molar-refractivity contribution in [2.75, 3.05) is 11.6 Å². The molecule has 0 unspecified atom stereocenters. The van der Waals surface area contributed by atoms with Crippen LogP contribution in [0.3, 0.4) is 0 Å². The Bertz CT molecular complexity index is 258. The van der Waals surface area contributed by atoms with Crippen molar-refractivity contribution in [3.63, 3.8) is 0 Å². The highest BCUT2D eigenvalue weighted by atomic mass is 32.2. The molecule has 1 aromatic rings. The lowest BCUT2D eigenvalue weighted by Gasteiger charge is -1.90. The summed E-state index contributed by atoms with van der Waals surface area (Å²) in [5, 5.41) is 0. The second-order valence-electron chi connectivity index (χ2n) is 3.02. The maximum absolute atomic E-state index is 3.92. The van der Waals surface area contributed by atoms with Crippen LogP contribution in [0.1, 0.15) is 11.1 Å². The first-order valence-electron chi connectivity index (χ1n) is 4.38. The zero-order chi connectivity index (χ0) is 9.52. The lowest BCUT2D eigenvalue weighted by Crippen LogP contribution is -1.71. The fourth-order valence-corrected chi connectivity index (χ4v) is 1.60. The molecule has 2 heteroatoms. The molecule has 70 valence electrons. The number of aryl methyl sites for hydroxylation is 2. The summed E-state index contributed by atoms with van der Waals surface area (Å²) in [6.45, 7) is 4.21. The molecule has 1 aliphatic heterocycles. The van der Waals surface area contributed by atoms with Gasteiger partial charge in [0.1, 0.15) is 0 Å². The topological polar surface area (TPSA) is 12.4 Å². The maximum Gasteiger partial charge on any atom is 0.0844 e. The van der Waals surface area contributed by atoms with Crippen molar-refractivity contribution >= 4 is 18.0 Å². The Morgan fingerprint density at radius 1 is 1.23 bits per heavy atom. The Labute approximate surface area is 84.3 Å². The monoisotopic (exact) mass is 193 g/mol. The third-order valence-corrected chi connectivity index (χ3v) is 2.38. The summed E-state index contributed by atoms with van der Waals surface area (Å²) in [4.78, 5) is 3.92. The molecule has 13 heavy (non-hydrogen) atoms. The summed E-state index contributed by atoms with van der Waals surface area (Å²) in [6, 6.07) is 8.45. The van der Waals surface area contributed by atoms with E-state index in [4.69, 9.17) is 0 Å². The highest BCUT2D eigenvalue weighted by Gasteiger charge is 1.85. The molecule has 0 amide bonds. The van der Waals surface area contributed by atoms with E-state index < -0.39 is 0 Å². The number of benzene rings is 1. The minimum Gasteiger partial charge on any atom is -0.286 e. The highest BCUT2D eigenvalue weighted by Crippen LogP contribution is 2.02. The van der Waals surface area contributed by atoms with E-state index in [2.05, 4.69) is 43.1 Å². The van der Waals surface area contributed by atoms with Crippen LogP contribution in [0.25, 0.3) is 0 Å². The molecule has 0 N–H and O–H groups in total. The average molecular weight is 193 g/mol. The summed E-state index contributed by atoms with van der Waals surface area (Å²) < 4.78 is 0. The molecule has 0 spiro atoms. The molecule has 0 radical (unpaired) electrons. The molecule has 0 bridgehead atoms. The van der Waals surface area contributed by atoms with E-state index in [1.54, 1.807) is 0 Å². The molecule has 0 aromatic heterocycles. The van der Waals surface area contributed by atoms with E-state index in [0.717, 1.165) is 11.6 Å². The molecule has 1 heterocycles. The van der Waals surface area contributed by atoms with Gasteiger partial charge in [0.05, 0.1) is 5.88 Å². The predicted octanol–water partition coefficient (Wildman–Crippen LogP) is 3.06. The van der Waals surface area contributed by atoms with Crippen LogP contribution in [0.2, 0.25) is 0 Å². The zero-order valence-corrected chi connectivity index (χ0v) is 8.97. The van der Waals surface area contributed by atoms with Crippen LogP contribution < -0.4 is 0 Å². The molecule has 0 fully saturated rings. The molecule has 0 saturated heterocycles. The van der Waals surface area contributed by atoms with E-state index in [-0.39, 0.29) is 0 Å². The van der Waals surface area contributed by atoms with Crippen molar-refractivity contribution in [3.05, 3.63) is 35.4 Å². The van der Waals surface area contributed by atoms with Crippen molar-refractivity contribution in [2.24, 2.45) is 4.99 Å². The van der Waals surface area contributed by atoms with E-state index in [1.165, 1.54) is 11.1 Å². The SMILES string of the molecule is C1=NCSC1.Cc1cccc(C)c1. The highest BCUT2D eigenvalue weighted by molar-refractivity contribution is 8.00. The van der Waals surface area contributed by atoms with Crippen molar-refractivity contribution in [2.45, 2.75) is 13.8 Å². The van der Waals surface area contributed by atoms with Gasteiger partial charge in [0, 0.05) is 12.0 Å². The fourth-order valence-electron chi connectivity index (χ4n) is 1.07. The fraction of sp³-hybridized carbons (Fsp3) is 0.364. The van der Waals surface area contributed by atoms with Gasteiger partial charge in [-0.2, -0.15) is 0 Å². The predicted molar refractivity (Wildman–Crippen MR) is 61.7 cm³/mol. The third kappa shape index (κ3) is 4.73. The summed E-state index contributed by atoms with van der Waals surface area (Å²) in [5.41, 5.74) is 2.68. The van der Waals surface area contributed by atoms with Crippen molar-refractivity contribution < 1.29 is 0 Å². The van der Waals surface area contributed by atoms with Crippen LogP contribution in [-0.2, 0) is 0 Å². The van der Waals surface area contributed by atoms with E-state index in [9.17, 15) is 0 Å². The number of aliphatic imine (C=N–C) groups is 1. The number of thioether (sulfide) groups is 1. The van der Waals surface area contributed by atoms with Gasteiger partial charge in [0.2, 0.25) is 0 Å². The van der Waals surface area contributed by atoms with Gasteiger partial charge in [-0.15, -0.1) is 11.8 Å². The number of nitrogens with zero attached hydrogens (tertiary/aromatic N) is 1. The standard InChI is InChI=1S/C8H10.C3H5NS/c1-7-4-3-5-8(2)6-7;1-2-5-3-4-1/h3-6H,1-2H3;1H,2-3H2. The van der Waals surface area contributed by atoms with Gasteiger partial charge in [-0.25, -0.2) is 0 Å². The van der Waals surface area contributed by atoms with Crippen molar-refractivity contribution in [3.8, 4) is 0 Å². The van der Waals surface area contributed by atoms with Crippen LogP contribution in [0, 0.1) is 13.8 Å². The molecule has 1 nitrogen and oxygen atoms in total. The lowest BCUT2D eigenvalue weighted by atomic mass is 10.2. The first-order chi connectivity index (χ1) is 6.29. The van der Waals surface area contributed by atoms with Crippen LogP contribution in [-0.4, -0.2) is 17.8 Å². The minimum atomic E-state index is 0.986. The summed E-state index contributed by atoms with van der Waals surface area (Å²) in [7, 11) is 0. The molecular formula is C11H15NS. The van der Waals surface area contributed by atoms with Crippen LogP contribution in [0.5, 0.6) is 0 Å². The Kier molecular flexibility index (Phi) is 4.61. The van der Waals surface area contributed by atoms with E-state index >= 15 is 0 Å².